The summed E-state index contributed by atoms with van der Waals surface area (Å²) in [4.78, 5) is 8.75. The molecule has 2 fully saturated rings. The van der Waals surface area contributed by atoms with E-state index in [-0.39, 0.29) is 0 Å². The van der Waals surface area contributed by atoms with E-state index in [9.17, 15) is 0 Å². The summed E-state index contributed by atoms with van der Waals surface area (Å²) in [5.74, 6) is 0. The molecule has 2 aliphatic rings. The summed E-state index contributed by atoms with van der Waals surface area (Å²) >= 11 is 1.89. The molecule has 1 saturated heterocycles. The Balaban J connectivity index is 1.66. The maximum Gasteiger partial charge on any atom is 0.185 e. The number of anilines is 1. The van der Waals surface area contributed by atoms with Crippen molar-refractivity contribution in [2.75, 3.05) is 31.2 Å². The van der Waals surface area contributed by atoms with Crippen molar-refractivity contribution in [2.45, 2.75) is 58.0 Å². The van der Waals surface area contributed by atoms with Crippen molar-refractivity contribution in [1.82, 2.24) is 10.3 Å². The molecule has 3 rings (SSSR count). The van der Waals surface area contributed by atoms with Gasteiger partial charge in [0.15, 0.2) is 5.13 Å². The fourth-order valence-corrected chi connectivity index (χ4v) is 4.31. The van der Waals surface area contributed by atoms with E-state index in [1.165, 1.54) is 47.8 Å². The van der Waals surface area contributed by atoms with Crippen LogP contribution in [0.1, 0.15) is 49.6 Å². The molecular formula is C16H27N3OS. The standard InChI is InChI=1S/C16H27N3OS/c1-2-5-14-15(12-17-13-6-3-4-7-13)21-16(18-14)19-8-10-20-11-9-19/h13,17H,2-12H2,1H3. The lowest BCUT2D eigenvalue weighted by molar-refractivity contribution is 0.122. The topological polar surface area (TPSA) is 37.4 Å². The van der Waals surface area contributed by atoms with Crippen LogP contribution in [0.15, 0.2) is 0 Å². The van der Waals surface area contributed by atoms with Gasteiger partial charge in [-0.25, -0.2) is 4.98 Å². The van der Waals surface area contributed by atoms with E-state index in [0.29, 0.717) is 0 Å². The molecule has 1 N–H and O–H groups in total. The minimum atomic E-state index is 0.730. The van der Waals surface area contributed by atoms with Crippen LogP contribution in [0.3, 0.4) is 0 Å². The molecule has 21 heavy (non-hydrogen) atoms. The second kappa shape index (κ2) is 7.56. The highest BCUT2D eigenvalue weighted by atomic mass is 32.1. The number of aromatic nitrogens is 1. The van der Waals surface area contributed by atoms with Crippen molar-refractivity contribution in [3.8, 4) is 0 Å². The number of nitrogens with zero attached hydrogens (tertiary/aromatic N) is 2. The minimum Gasteiger partial charge on any atom is -0.378 e. The number of hydrogen-bond donors (Lipinski definition) is 1. The van der Waals surface area contributed by atoms with E-state index in [2.05, 4.69) is 17.1 Å². The predicted molar refractivity (Wildman–Crippen MR) is 88.2 cm³/mol. The fraction of sp³-hybridized carbons (Fsp3) is 0.812. The van der Waals surface area contributed by atoms with Gasteiger partial charge in [-0.1, -0.05) is 26.2 Å². The molecule has 0 bridgehead atoms. The number of aryl methyl sites for hydroxylation is 1. The lowest BCUT2D eigenvalue weighted by atomic mass is 10.2. The number of nitrogens with one attached hydrogen (secondary N) is 1. The first-order valence-corrected chi connectivity index (χ1v) is 9.23. The van der Waals surface area contributed by atoms with Crippen LogP contribution in [-0.4, -0.2) is 37.3 Å². The molecule has 0 unspecified atom stereocenters. The third kappa shape index (κ3) is 3.96. The first-order valence-electron chi connectivity index (χ1n) is 8.41. The molecule has 1 aliphatic heterocycles. The van der Waals surface area contributed by atoms with Crippen LogP contribution >= 0.6 is 11.3 Å². The van der Waals surface area contributed by atoms with Crippen LogP contribution in [-0.2, 0) is 17.7 Å². The zero-order chi connectivity index (χ0) is 14.5. The highest BCUT2D eigenvalue weighted by molar-refractivity contribution is 7.15. The monoisotopic (exact) mass is 309 g/mol. The Kier molecular flexibility index (Phi) is 5.49. The lowest BCUT2D eigenvalue weighted by Gasteiger charge is -2.26. The van der Waals surface area contributed by atoms with E-state index in [0.717, 1.165) is 45.3 Å². The molecule has 0 spiro atoms. The molecule has 118 valence electrons. The maximum absolute atomic E-state index is 5.44. The molecule has 1 saturated carbocycles. The highest BCUT2D eigenvalue weighted by Gasteiger charge is 2.20. The van der Waals surface area contributed by atoms with Crippen molar-refractivity contribution in [2.24, 2.45) is 0 Å². The van der Waals surface area contributed by atoms with Crippen molar-refractivity contribution in [1.29, 1.82) is 0 Å². The van der Waals surface area contributed by atoms with Gasteiger partial charge in [0, 0.05) is 30.6 Å². The van der Waals surface area contributed by atoms with E-state index < -0.39 is 0 Å². The number of thiazole rings is 1. The second-order valence-corrected chi connectivity index (χ2v) is 7.14. The van der Waals surface area contributed by atoms with Gasteiger partial charge in [-0.3, -0.25) is 0 Å². The minimum absolute atomic E-state index is 0.730. The van der Waals surface area contributed by atoms with Gasteiger partial charge in [0.25, 0.3) is 0 Å². The average Bonchev–Trinajstić information content (AvgIpc) is 3.16. The maximum atomic E-state index is 5.44. The Bertz CT molecular complexity index is 437. The summed E-state index contributed by atoms with van der Waals surface area (Å²) in [7, 11) is 0. The van der Waals surface area contributed by atoms with E-state index in [1.807, 2.05) is 11.3 Å². The number of rotatable bonds is 6. The smallest absolute Gasteiger partial charge is 0.185 e. The molecular weight excluding hydrogens is 282 g/mol. The molecule has 0 aromatic carbocycles. The molecule has 1 aromatic rings. The first kappa shape index (κ1) is 15.3. The van der Waals surface area contributed by atoms with Gasteiger partial charge < -0.3 is 15.0 Å². The molecule has 0 amide bonds. The van der Waals surface area contributed by atoms with Crippen molar-refractivity contribution < 1.29 is 4.74 Å². The van der Waals surface area contributed by atoms with Crippen molar-refractivity contribution in [3.05, 3.63) is 10.6 Å². The van der Waals surface area contributed by atoms with E-state index in [4.69, 9.17) is 9.72 Å². The van der Waals surface area contributed by atoms with Crippen molar-refractivity contribution in [3.63, 3.8) is 0 Å². The highest BCUT2D eigenvalue weighted by Crippen LogP contribution is 2.28. The Morgan fingerprint density at radius 1 is 1.29 bits per heavy atom. The molecule has 4 nitrogen and oxygen atoms in total. The quantitative estimate of drug-likeness (QED) is 0.876. The van der Waals surface area contributed by atoms with Crippen LogP contribution in [0, 0.1) is 0 Å². The van der Waals surface area contributed by atoms with Gasteiger partial charge in [0.05, 0.1) is 18.9 Å². The van der Waals surface area contributed by atoms with Crippen molar-refractivity contribution >= 4 is 16.5 Å². The molecule has 1 aromatic heterocycles. The molecule has 0 atom stereocenters. The summed E-state index contributed by atoms with van der Waals surface area (Å²) in [5.41, 5.74) is 1.31. The molecule has 1 aliphatic carbocycles. The Hall–Kier alpha value is -0.650. The van der Waals surface area contributed by atoms with E-state index in [1.54, 1.807) is 0 Å². The summed E-state index contributed by atoms with van der Waals surface area (Å²) in [6, 6.07) is 0.730. The fourth-order valence-electron chi connectivity index (χ4n) is 3.20. The third-order valence-corrected chi connectivity index (χ3v) is 5.60. The van der Waals surface area contributed by atoms with Gasteiger partial charge in [-0.15, -0.1) is 11.3 Å². The largest absolute Gasteiger partial charge is 0.378 e. The van der Waals surface area contributed by atoms with Gasteiger partial charge in [-0.05, 0) is 19.3 Å². The summed E-state index contributed by atoms with van der Waals surface area (Å²) in [6.07, 6.45) is 7.74. The van der Waals surface area contributed by atoms with Gasteiger partial charge in [-0.2, -0.15) is 0 Å². The van der Waals surface area contributed by atoms with Crippen LogP contribution in [0.25, 0.3) is 0 Å². The molecule has 2 heterocycles. The van der Waals surface area contributed by atoms with Gasteiger partial charge in [0.1, 0.15) is 0 Å². The predicted octanol–water partition coefficient (Wildman–Crippen LogP) is 2.96. The second-order valence-electron chi connectivity index (χ2n) is 6.08. The van der Waals surface area contributed by atoms with Gasteiger partial charge >= 0.3 is 0 Å². The van der Waals surface area contributed by atoms with E-state index >= 15 is 0 Å². The Morgan fingerprint density at radius 2 is 2.05 bits per heavy atom. The number of hydrogen-bond acceptors (Lipinski definition) is 5. The zero-order valence-electron chi connectivity index (χ0n) is 13.1. The first-order chi connectivity index (χ1) is 10.4. The zero-order valence-corrected chi connectivity index (χ0v) is 13.9. The van der Waals surface area contributed by atoms with Crippen LogP contribution in [0.4, 0.5) is 5.13 Å². The van der Waals surface area contributed by atoms with Crippen LogP contribution in [0.2, 0.25) is 0 Å². The number of morpholine rings is 1. The number of ether oxygens (including phenoxy) is 1. The third-order valence-electron chi connectivity index (χ3n) is 4.44. The average molecular weight is 309 g/mol. The molecule has 0 radical (unpaired) electrons. The van der Waals surface area contributed by atoms with Crippen LogP contribution < -0.4 is 10.2 Å². The normalized spacial score (nSPS) is 20.3. The summed E-state index contributed by atoms with van der Waals surface area (Å²) in [5, 5.41) is 4.94. The summed E-state index contributed by atoms with van der Waals surface area (Å²) in [6.45, 7) is 6.86. The lowest BCUT2D eigenvalue weighted by Crippen LogP contribution is -2.36. The van der Waals surface area contributed by atoms with Crippen LogP contribution in [0.5, 0.6) is 0 Å². The Morgan fingerprint density at radius 3 is 2.76 bits per heavy atom. The summed E-state index contributed by atoms with van der Waals surface area (Å²) < 4.78 is 5.44. The SMILES string of the molecule is CCCc1nc(N2CCOCC2)sc1CNC1CCCC1. The molecule has 5 heteroatoms. The van der Waals surface area contributed by atoms with Gasteiger partial charge in [0.2, 0.25) is 0 Å². The Labute approximate surface area is 131 Å².